The van der Waals surface area contributed by atoms with Gasteiger partial charge in [0.15, 0.2) is 0 Å². The van der Waals surface area contributed by atoms with Crippen LogP contribution >= 0.6 is 0 Å². The molecule has 1 atom stereocenters. The number of benzene rings is 3. The number of ether oxygens (including phenoxy) is 1. The van der Waals surface area contributed by atoms with E-state index >= 15 is 0 Å². The summed E-state index contributed by atoms with van der Waals surface area (Å²) in [6, 6.07) is 25.4. The third-order valence-corrected chi connectivity index (χ3v) is 4.45. The van der Waals surface area contributed by atoms with Crippen LogP contribution < -0.4 is 10.1 Å². The average molecular weight is 401 g/mol. The van der Waals surface area contributed by atoms with Gasteiger partial charge in [-0.3, -0.25) is 4.79 Å². The smallest absolute Gasteiger partial charge is 0.326 e. The fraction of sp³-hybridized carbons (Fsp3) is 0.120. The predicted molar refractivity (Wildman–Crippen MR) is 116 cm³/mol. The summed E-state index contributed by atoms with van der Waals surface area (Å²) >= 11 is 0. The molecular formula is C25H23NO4. The normalized spacial score (nSPS) is 11.7. The van der Waals surface area contributed by atoms with E-state index in [1.807, 2.05) is 84.9 Å². The van der Waals surface area contributed by atoms with Gasteiger partial charge in [-0.2, -0.15) is 0 Å². The molecule has 0 aliphatic heterocycles. The van der Waals surface area contributed by atoms with Crippen molar-refractivity contribution in [2.75, 3.05) is 0 Å². The molecule has 0 spiro atoms. The van der Waals surface area contributed by atoms with E-state index < -0.39 is 17.9 Å². The highest BCUT2D eigenvalue weighted by Crippen LogP contribution is 2.15. The second-order valence-corrected chi connectivity index (χ2v) is 6.77. The van der Waals surface area contributed by atoms with E-state index in [0.717, 1.165) is 22.4 Å². The maximum Gasteiger partial charge on any atom is 0.326 e. The van der Waals surface area contributed by atoms with Crippen molar-refractivity contribution in [1.82, 2.24) is 5.32 Å². The number of rotatable bonds is 9. The van der Waals surface area contributed by atoms with E-state index in [-0.39, 0.29) is 6.42 Å². The molecule has 152 valence electrons. The lowest BCUT2D eigenvalue weighted by molar-refractivity contribution is -0.141. The molecule has 0 unspecified atom stereocenters. The molecule has 3 aromatic rings. The SMILES string of the molecule is O=C(/C=C/c1ccc(OCc2ccccc2)cc1)N[C@@H](Cc1ccccc1)C(=O)O. The summed E-state index contributed by atoms with van der Waals surface area (Å²) in [7, 11) is 0. The van der Waals surface area contributed by atoms with Gasteiger partial charge in [-0.25, -0.2) is 4.79 Å². The molecule has 0 fully saturated rings. The molecule has 0 saturated carbocycles. The number of carboxylic acid groups (broad SMARTS) is 1. The fourth-order valence-electron chi connectivity index (χ4n) is 2.86. The van der Waals surface area contributed by atoms with Crippen LogP contribution in [0.3, 0.4) is 0 Å². The topological polar surface area (TPSA) is 75.6 Å². The minimum atomic E-state index is -1.07. The second-order valence-electron chi connectivity index (χ2n) is 6.77. The van der Waals surface area contributed by atoms with E-state index in [9.17, 15) is 14.7 Å². The molecule has 0 aromatic heterocycles. The zero-order chi connectivity index (χ0) is 21.2. The highest BCUT2D eigenvalue weighted by Gasteiger charge is 2.19. The van der Waals surface area contributed by atoms with Crippen molar-refractivity contribution in [2.24, 2.45) is 0 Å². The van der Waals surface area contributed by atoms with Crippen LogP contribution in [0, 0.1) is 0 Å². The van der Waals surface area contributed by atoms with Gasteiger partial charge in [0.25, 0.3) is 0 Å². The number of hydrogen-bond donors (Lipinski definition) is 2. The monoisotopic (exact) mass is 401 g/mol. The average Bonchev–Trinajstić information content (AvgIpc) is 2.78. The molecule has 0 bridgehead atoms. The number of amides is 1. The third-order valence-electron chi connectivity index (χ3n) is 4.45. The first-order valence-electron chi connectivity index (χ1n) is 9.62. The van der Waals surface area contributed by atoms with Gasteiger partial charge in [0.05, 0.1) is 0 Å². The van der Waals surface area contributed by atoms with Crippen molar-refractivity contribution < 1.29 is 19.4 Å². The fourth-order valence-corrected chi connectivity index (χ4v) is 2.86. The summed E-state index contributed by atoms with van der Waals surface area (Å²) in [4.78, 5) is 23.6. The standard InChI is InChI=1S/C25H23NO4/c27-24(26-23(25(28)29)17-20-7-3-1-4-8-20)16-13-19-11-14-22(15-12-19)30-18-21-9-5-2-6-10-21/h1-16,23H,17-18H2,(H,26,27)(H,28,29)/b16-13+/t23-/m0/s1. The Labute approximate surface area is 175 Å². The van der Waals surface area contributed by atoms with E-state index in [1.54, 1.807) is 6.08 Å². The molecule has 2 N–H and O–H groups in total. The molecule has 0 saturated heterocycles. The number of aliphatic carboxylic acids is 1. The summed E-state index contributed by atoms with van der Waals surface area (Å²) in [5, 5.41) is 11.9. The summed E-state index contributed by atoms with van der Waals surface area (Å²) in [5.74, 6) is -0.794. The second kappa shape index (κ2) is 10.6. The summed E-state index contributed by atoms with van der Waals surface area (Å²) in [6.45, 7) is 0.483. The zero-order valence-electron chi connectivity index (χ0n) is 16.4. The molecular weight excluding hydrogens is 378 g/mol. The Bertz CT molecular complexity index is 983. The molecule has 0 aliphatic rings. The van der Waals surface area contributed by atoms with Crippen LogP contribution in [0.4, 0.5) is 0 Å². The minimum Gasteiger partial charge on any atom is -0.489 e. The van der Waals surface area contributed by atoms with Crippen molar-refractivity contribution >= 4 is 18.0 Å². The van der Waals surface area contributed by atoms with Gasteiger partial charge in [0, 0.05) is 12.5 Å². The Hall–Kier alpha value is -3.86. The Kier molecular flexibility index (Phi) is 7.39. The number of nitrogens with one attached hydrogen (secondary N) is 1. The highest BCUT2D eigenvalue weighted by molar-refractivity contribution is 5.94. The minimum absolute atomic E-state index is 0.225. The van der Waals surface area contributed by atoms with Gasteiger partial charge in [0.1, 0.15) is 18.4 Å². The lowest BCUT2D eigenvalue weighted by atomic mass is 10.1. The van der Waals surface area contributed by atoms with E-state index in [0.29, 0.717) is 6.61 Å². The first-order valence-corrected chi connectivity index (χ1v) is 9.62. The number of hydrogen-bond acceptors (Lipinski definition) is 3. The van der Waals surface area contributed by atoms with Gasteiger partial charge in [0.2, 0.25) is 5.91 Å². The molecule has 30 heavy (non-hydrogen) atoms. The van der Waals surface area contributed by atoms with Crippen molar-refractivity contribution in [3.63, 3.8) is 0 Å². The van der Waals surface area contributed by atoms with Crippen LogP contribution in [0.5, 0.6) is 5.75 Å². The largest absolute Gasteiger partial charge is 0.489 e. The van der Waals surface area contributed by atoms with E-state index in [1.165, 1.54) is 6.08 Å². The maximum absolute atomic E-state index is 12.2. The lowest BCUT2D eigenvalue weighted by Crippen LogP contribution is -2.41. The highest BCUT2D eigenvalue weighted by atomic mass is 16.5. The molecule has 0 radical (unpaired) electrons. The van der Waals surface area contributed by atoms with Gasteiger partial charge in [-0.1, -0.05) is 72.8 Å². The van der Waals surface area contributed by atoms with E-state index in [4.69, 9.17) is 4.74 Å². The third kappa shape index (κ3) is 6.63. The Morgan fingerprint density at radius 3 is 2.07 bits per heavy atom. The maximum atomic E-state index is 12.2. The number of carbonyl (C=O) groups is 2. The molecule has 1 amide bonds. The van der Waals surface area contributed by atoms with Crippen molar-refractivity contribution in [3.8, 4) is 5.75 Å². The van der Waals surface area contributed by atoms with Gasteiger partial charge < -0.3 is 15.2 Å². The van der Waals surface area contributed by atoms with Crippen LogP contribution in [0.2, 0.25) is 0 Å². The van der Waals surface area contributed by atoms with Gasteiger partial charge in [-0.15, -0.1) is 0 Å². The molecule has 0 aliphatic carbocycles. The first kappa shape index (κ1) is 20.9. The van der Waals surface area contributed by atoms with Crippen LogP contribution in [0.15, 0.2) is 91.0 Å². The Morgan fingerprint density at radius 2 is 1.47 bits per heavy atom. The van der Waals surface area contributed by atoms with Gasteiger partial charge in [-0.05, 0) is 34.9 Å². The first-order chi connectivity index (χ1) is 14.6. The molecule has 3 rings (SSSR count). The van der Waals surface area contributed by atoms with Crippen LogP contribution in [0.25, 0.3) is 6.08 Å². The van der Waals surface area contributed by atoms with Gasteiger partial charge >= 0.3 is 5.97 Å². The van der Waals surface area contributed by atoms with Crippen molar-refractivity contribution in [3.05, 3.63) is 108 Å². The summed E-state index contributed by atoms with van der Waals surface area (Å²) < 4.78 is 5.74. The molecule has 5 nitrogen and oxygen atoms in total. The van der Waals surface area contributed by atoms with Crippen molar-refractivity contribution in [1.29, 1.82) is 0 Å². The summed E-state index contributed by atoms with van der Waals surface area (Å²) in [6.07, 6.45) is 3.20. The quantitative estimate of drug-likeness (QED) is 0.530. The van der Waals surface area contributed by atoms with Crippen molar-refractivity contribution in [2.45, 2.75) is 19.1 Å². The molecule has 5 heteroatoms. The summed E-state index contributed by atoms with van der Waals surface area (Å²) in [5.41, 5.74) is 2.74. The van der Waals surface area contributed by atoms with E-state index in [2.05, 4.69) is 5.32 Å². The number of carboxylic acids is 1. The molecule has 0 heterocycles. The molecule has 3 aromatic carbocycles. The zero-order valence-corrected chi connectivity index (χ0v) is 16.4. The predicted octanol–water partition coefficient (Wildman–Crippen LogP) is 4.09. The van der Waals surface area contributed by atoms with Crippen LogP contribution in [-0.2, 0) is 22.6 Å². The Balaban J connectivity index is 1.52. The Morgan fingerprint density at radius 1 is 0.867 bits per heavy atom. The van der Waals surface area contributed by atoms with Crippen LogP contribution in [-0.4, -0.2) is 23.0 Å². The lowest BCUT2D eigenvalue weighted by Gasteiger charge is -2.13. The number of carbonyl (C=O) groups excluding carboxylic acids is 1. The van der Waals surface area contributed by atoms with Crippen LogP contribution in [0.1, 0.15) is 16.7 Å².